The average Bonchev–Trinajstić information content (AvgIpc) is 3.15. The van der Waals surface area contributed by atoms with Gasteiger partial charge in [0.1, 0.15) is 5.02 Å². The van der Waals surface area contributed by atoms with E-state index in [9.17, 15) is 9.59 Å². The molecule has 4 aromatic rings. The third-order valence-electron chi connectivity index (χ3n) is 6.72. The van der Waals surface area contributed by atoms with Crippen LogP contribution in [0.1, 0.15) is 31.9 Å². The maximum Gasteiger partial charge on any atom is 0.248 e. The Hall–Kier alpha value is -4.69. The molecule has 0 spiro atoms. The van der Waals surface area contributed by atoms with Crippen molar-refractivity contribution >= 4 is 64.0 Å². The van der Waals surface area contributed by atoms with E-state index in [4.69, 9.17) is 11.6 Å². The maximum atomic E-state index is 12.9. The molecule has 2 heterocycles. The smallest absolute Gasteiger partial charge is 0.248 e. The summed E-state index contributed by atoms with van der Waals surface area (Å²) in [6, 6.07) is 22.7. The Labute approximate surface area is 238 Å². The second kappa shape index (κ2) is 11.2. The molecular formula is C31H29ClN6O2. The van der Waals surface area contributed by atoms with Crippen molar-refractivity contribution in [1.29, 1.82) is 0 Å². The number of hydrogen-bond donors (Lipinski definition) is 3. The highest BCUT2D eigenvalue weighted by Gasteiger charge is 2.43. The van der Waals surface area contributed by atoms with Gasteiger partial charge in [-0.25, -0.2) is 4.98 Å². The van der Waals surface area contributed by atoms with Crippen LogP contribution in [0.5, 0.6) is 0 Å². The van der Waals surface area contributed by atoms with E-state index in [1.54, 1.807) is 17.0 Å². The topological polar surface area (TPSA) is 99.3 Å². The van der Waals surface area contributed by atoms with Crippen LogP contribution in [-0.2, 0) is 15.0 Å². The van der Waals surface area contributed by atoms with Crippen molar-refractivity contribution < 1.29 is 9.59 Å². The van der Waals surface area contributed by atoms with Gasteiger partial charge >= 0.3 is 0 Å². The van der Waals surface area contributed by atoms with Gasteiger partial charge in [-0.15, -0.1) is 0 Å². The van der Waals surface area contributed by atoms with Gasteiger partial charge in [0.25, 0.3) is 0 Å². The van der Waals surface area contributed by atoms with Gasteiger partial charge in [-0.05, 0) is 68.3 Å². The number of carbonyl (C=O) groups is 2. The molecule has 0 aliphatic carbocycles. The van der Waals surface area contributed by atoms with Gasteiger partial charge in [0, 0.05) is 24.0 Å². The first-order chi connectivity index (χ1) is 19.3. The zero-order valence-electron chi connectivity index (χ0n) is 22.4. The number of nitrogens with one attached hydrogen (secondary N) is 3. The minimum absolute atomic E-state index is 0.0812. The fourth-order valence-corrected chi connectivity index (χ4v) is 4.75. The molecule has 1 aliphatic heterocycles. The van der Waals surface area contributed by atoms with Crippen LogP contribution in [0.3, 0.4) is 0 Å². The van der Waals surface area contributed by atoms with Crippen molar-refractivity contribution in [2.75, 3.05) is 27.4 Å². The fraction of sp³-hybridized carbons (Fsp3) is 0.161. The van der Waals surface area contributed by atoms with Crippen LogP contribution >= 0.6 is 11.6 Å². The van der Waals surface area contributed by atoms with Crippen LogP contribution < -0.4 is 20.9 Å². The SMILES string of the molecule is CCN1C(=O)C(C)(C)c2cc(Nc3ncc(Cl)c(Nc4ccccc4NC(=O)/C=C/c4ccccc4)n3)ccc21. The molecular weight excluding hydrogens is 524 g/mol. The molecule has 0 fully saturated rings. The van der Waals surface area contributed by atoms with Crippen molar-refractivity contribution in [2.45, 2.75) is 26.2 Å². The summed E-state index contributed by atoms with van der Waals surface area (Å²) in [4.78, 5) is 36.1. The summed E-state index contributed by atoms with van der Waals surface area (Å²) in [5.74, 6) is 0.509. The number of rotatable bonds is 8. The fourth-order valence-electron chi connectivity index (χ4n) is 4.61. The van der Waals surface area contributed by atoms with Gasteiger partial charge in [-0.1, -0.05) is 54.1 Å². The molecule has 2 amide bonds. The molecule has 0 atom stereocenters. The van der Waals surface area contributed by atoms with E-state index in [0.717, 1.165) is 22.5 Å². The third-order valence-corrected chi connectivity index (χ3v) is 7.00. The normalized spacial score (nSPS) is 13.8. The van der Waals surface area contributed by atoms with E-state index in [-0.39, 0.29) is 11.8 Å². The number of halogens is 1. The number of nitrogens with zero attached hydrogens (tertiary/aromatic N) is 3. The molecule has 3 aromatic carbocycles. The Morgan fingerprint density at radius 1 is 1.00 bits per heavy atom. The molecule has 0 bridgehead atoms. The number of amides is 2. The molecule has 0 saturated heterocycles. The Bertz CT molecular complexity index is 1600. The first kappa shape index (κ1) is 26.9. The lowest BCUT2D eigenvalue weighted by Crippen LogP contribution is -2.35. The molecule has 202 valence electrons. The predicted octanol–water partition coefficient (Wildman–Crippen LogP) is 6.91. The van der Waals surface area contributed by atoms with Crippen LogP contribution in [0.25, 0.3) is 6.08 Å². The first-order valence-corrected chi connectivity index (χ1v) is 13.3. The van der Waals surface area contributed by atoms with Crippen LogP contribution in [0, 0.1) is 0 Å². The lowest BCUT2D eigenvalue weighted by atomic mass is 9.86. The number of para-hydroxylation sites is 2. The van der Waals surface area contributed by atoms with Gasteiger partial charge in [0.15, 0.2) is 5.82 Å². The highest BCUT2D eigenvalue weighted by atomic mass is 35.5. The third kappa shape index (κ3) is 5.53. The number of anilines is 6. The molecule has 0 radical (unpaired) electrons. The molecule has 40 heavy (non-hydrogen) atoms. The van der Waals surface area contributed by atoms with Crippen molar-refractivity contribution in [1.82, 2.24) is 9.97 Å². The molecule has 5 rings (SSSR count). The van der Waals surface area contributed by atoms with E-state index < -0.39 is 5.41 Å². The second-order valence-corrected chi connectivity index (χ2v) is 10.2. The van der Waals surface area contributed by atoms with E-state index >= 15 is 0 Å². The maximum absolute atomic E-state index is 12.9. The molecule has 9 heteroatoms. The summed E-state index contributed by atoms with van der Waals surface area (Å²) >= 11 is 6.43. The zero-order chi connectivity index (χ0) is 28.3. The Kier molecular flexibility index (Phi) is 7.53. The molecule has 0 saturated carbocycles. The number of fused-ring (bicyclic) bond motifs is 1. The number of carbonyl (C=O) groups excluding carboxylic acids is 2. The molecule has 8 nitrogen and oxygen atoms in total. The molecule has 3 N–H and O–H groups in total. The summed E-state index contributed by atoms with van der Waals surface area (Å²) in [6.45, 7) is 6.45. The number of likely N-dealkylation sites (N-methyl/N-ethyl adjacent to an activating group) is 1. The lowest BCUT2D eigenvalue weighted by molar-refractivity contribution is -0.122. The minimum atomic E-state index is -0.624. The predicted molar refractivity (Wildman–Crippen MR) is 162 cm³/mol. The summed E-state index contributed by atoms with van der Waals surface area (Å²) in [5, 5.41) is 9.64. The standard InChI is InChI=1S/C31H29ClN6O2/c1-4-38-26-16-15-21(18-22(26)31(2,3)29(38)40)34-30-33-19-23(32)28(37-30)36-25-13-9-8-12-24(25)35-27(39)17-14-20-10-6-5-7-11-20/h5-19H,4H2,1-3H3,(H,35,39)(H2,33,34,36,37)/b17-14+. The second-order valence-electron chi connectivity index (χ2n) is 9.83. The van der Waals surface area contributed by atoms with Crippen molar-refractivity contribution in [3.8, 4) is 0 Å². The number of aromatic nitrogens is 2. The van der Waals surface area contributed by atoms with E-state index in [2.05, 4.69) is 25.9 Å². The quantitative estimate of drug-likeness (QED) is 0.205. The molecule has 1 aliphatic rings. The van der Waals surface area contributed by atoms with E-state index in [1.165, 1.54) is 12.3 Å². The van der Waals surface area contributed by atoms with Crippen molar-refractivity contribution in [3.63, 3.8) is 0 Å². The van der Waals surface area contributed by atoms with Crippen LogP contribution in [0.15, 0.2) is 85.1 Å². The van der Waals surface area contributed by atoms with E-state index in [1.807, 2.05) is 87.5 Å². The number of benzene rings is 3. The van der Waals surface area contributed by atoms with Gasteiger partial charge in [0.2, 0.25) is 17.8 Å². The van der Waals surface area contributed by atoms with Crippen molar-refractivity contribution in [2.24, 2.45) is 0 Å². The van der Waals surface area contributed by atoms with Gasteiger partial charge in [0.05, 0.1) is 23.0 Å². The van der Waals surface area contributed by atoms with Gasteiger partial charge in [-0.2, -0.15) is 4.98 Å². The van der Waals surface area contributed by atoms with Crippen molar-refractivity contribution in [3.05, 3.63) is 101 Å². The highest BCUT2D eigenvalue weighted by Crippen LogP contribution is 2.43. The first-order valence-electron chi connectivity index (χ1n) is 12.9. The highest BCUT2D eigenvalue weighted by molar-refractivity contribution is 6.33. The lowest BCUT2D eigenvalue weighted by Gasteiger charge is -2.18. The summed E-state index contributed by atoms with van der Waals surface area (Å²) in [7, 11) is 0. The van der Waals surface area contributed by atoms with E-state index in [0.29, 0.717) is 34.7 Å². The molecule has 1 aromatic heterocycles. The van der Waals surface area contributed by atoms with Gasteiger partial charge < -0.3 is 20.9 Å². The minimum Gasteiger partial charge on any atom is -0.337 e. The average molecular weight is 553 g/mol. The van der Waals surface area contributed by atoms with Crippen LogP contribution in [0.4, 0.5) is 34.5 Å². The largest absolute Gasteiger partial charge is 0.337 e. The number of hydrogen-bond acceptors (Lipinski definition) is 6. The Morgan fingerprint density at radius 2 is 1.73 bits per heavy atom. The summed E-state index contributed by atoms with van der Waals surface area (Å²) < 4.78 is 0. The summed E-state index contributed by atoms with van der Waals surface area (Å²) in [6.07, 6.45) is 4.74. The zero-order valence-corrected chi connectivity index (χ0v) is 23.2. The summed E-state index contributed by atoms with van der Waals surface area (Å²) in [5.41, 5.74) is 4.11. The van der Waals surface area contributed by atoms with Crippen LogP contribution in [-0.4, -0.2) is 28.3 Å². The Balaban J connectivity index is 1.34. The van der Waals surface area contributed by atoms with Crippen LogP contribution in [0.2, 0.25) is 5.02 Å². The molecule has 0 unspecified atom stereocenters. The van der Waals surface area contributed by atoms with Gasteiger partial charge in [-0.3, -0.25) is 9.59 Å². The Morgan fingerprint density at radius 3 is 2.48 bits per heavy atom. The monoisotopic (exact) mass is 552 g/mol.